The van der Waals surface area contributed by atoms with Crippen molar-refractivity contribution in [2.45, 2.75) is 26.9 Å². The fourth-order valence-corrected chi connectivity index (χ4v) is 3.17. The van der Waals surface area contributed by atoms with E-state index in [1.165, 1.54) is 0 Å². The second kappa shape index (κ2) is 9.28. The third-order valence-corrected chi connectivity index (χ3v) is 4.77. The van der Waals surface area contributed by atoms with Crippen LogP contribution in [0.25, 0.3) is 17.1 Å². The van der Waals surface area contributed by atoms with E-state index in [0.717, 1.165) is 22.4 Å². The van der Waals surface area contributed by atoms with Crippen molar-refractivity contribution < 1.29 is 14.3 Å². The molecule has 0 fully saturated rings. The van der Waals surface area contributed by atoms with E-state index in [0.29, 0.717) is 31.2 Å². The third-order valence-electron chi connectivity index (χ3n) is 4.77. The van der Waals surface area contributed by atoms with Gasteiger partial charge in [-0.2, -0.15) is 0 Å². The van der Waals surface area contributed by atoms with Gasteiger partial charge in [0.1, 0.15) is 12.4 Å². The topological polar surface area (TPSA) is 56.6 Å². The number of para-hydroxylation sites is 2. The summed E-state index contributed by atoms with van der Waals surface area (Å²) in [4.78, 5) is 18.0. The average molecular weight is 393 g/mol. The van der Waals surface area contributed by atoms with Crippen molar-refractivity contribution in [3.63, 3.8) is 0 Å². The minimum Gasteiger partial charge on any atom is -0.493 e. The molecule has 3 rings (SSSR count). The summed E-state index contributed by atoms with van der Waals surface area (Å²) >= 11 is 0. The molecule has 6 nitrogen and oxygen atoms in total. The number of carbonyl (C=O) groups excluding carboxylic acids is 1. The van der Waals surface area contributed by atoms with E-state index in [-0.39, 0.29) is 5.91 Å². The van der Waals surface area contributed by atoms with E-state index in [2.05, 4.69) is 4.57 Å². The number of rotatable bonds is 8. The minimum atomic E-state index is 0.00538. The van der Waals surface area contributed by atoms with E-state index in [9.17, 15) is 4.79 Å². The average Bonchev–Trinajstić information content (AvgIpc) is 3.06. The van der Waals surface area contributed by atoms with Crippen molar-refractivity contribution >= 4 is 23.0 Å². The molecule has 0 aliphatic carbocycles. The van der Waals surface area contributed by atoms with Gasteiger partial charge in [-0.25, -0.2) is 4.98 Å². The first-order valence-corrected chi connectivity index (χ1v) is 9.63. The summed E-state index contributed by atoms with van der Waals surface area (Å²) in [5.74, 6) is 2.24. The van der Waals surface area contributed by atoms with Gasteiger partial charge in [-0.3, -0.25) is 4.79 Å². The molecule has 0 N–H and O–H groups in total. The van der Waals surface area contributed by atoms with Crippen LogP contribution in [0.3, 0.4) is 0 Å². The monoisotopic (exact) mass is 393 g/mol. The number of benzene rings is 2. The molecule has 1 aromatic heterocycles. The van der Waals surface area contributed by atoms with Crippen LogP contribution in [0.2, 0.25) is 0 Å². The Labute approximate surface area is 171 Å². The number of amides is 1. The Morgan fingerprint density at radius 2 is 2.00 bits per heavy atom. The van der Waals surface area contributed by atoms with E-state index in [1.807, 2.05) is 61.5 Å². The molecule has 29 heavy (non-hydrogen) atoms. The van der Waals surface area contributed by atoms with E-state index >= 15 is 0 Å². The first-order chi connectivity index (χ1) is 14.0. The molecular formula is C23H27N3O3. The molecule has 0 unspecified atom stereocenters. The predicted molar refractivity (Wildman–Crippen MR) is 115 cm³/mol. The Kier molecular flexibility index (Phi) is 6.54. The number of allylic oxidation sites excluding steroid dienone is 1. The highest BCUT2D eigenvalue weighted by molar-refractivity contribution is 5.76. The Bertz CT molecular complexity index is 1020. The standard InChI is InChI=1S/C23H27N3O3/c1-5-8-18-11-12-21(22(15-18)28-4)29-14-13-26-20-10-7-6-9-19(20)24-23(26)16-25(3)17(2)27/h5-12,15H,13-14,16H2,1-4H3/b8-5+. The normalized spacial score (nSPS) is 11.2. The zero-order valence-corrected chi connectivity index (χ0v) is 17.4. The highest BCUT2D eigenvalue weighted by atomic mass is 16.5. The Hall–Kier alpha value is -3.28. The van der Waals surface area contributed by atoms with Crippen LogP contribution in [-0.2, 0) is 17.9 Å². The van der Waals surface area contributed by atoms with Gasteiger partial charge >= 0.3 is 0 Å². The van der Waals surface area contributed by atoms with Crippen molar-refractivity contribution in [1.82, 2.24) is 14.5 Å². The number of hydrogen-bond acceptors (Lipinski definition) is 4. The molecule has 152 valence electrons. The van der Waals surface area contributed by atoms with Crippen molar-refractivity contribution in [3.05, 3.63) is 59.9 Å². The van der Waals surface area contributed by atoms with Crippen LogP contribution in [-0.4, -0.2) is 41.1 Å². The van der Waals surface area contributed by atoms with Gasteiger partial charge in [-0.15, -0.1) is 0 Å². The molecular weight excluding hydrogens is 366 g/mol. The number of imidazole rings is 1. The van der Waals surface area contributed by atoms with Gasteiger partial charge in [0.2, 0.25) is 5.91 Å². The lowest BCUT2D eigenvalue weighted by Crippen LogP contribution is -2.25. The van der Waals surface area contributed by atoms with Crippen molar-refractivity contribution in [3.8, 4) is 11.5 Å². The maximum absolute atomic E-state index is 11.7. The number of aromatic nitrogens is 2. The first kappa shape index (κ1) is 20.5. The first-order valence-electron chi connectivity index (χ1n) is 9.63. The summed E-state index contributed by atoms with van der Waals surface area (Å²) in [6.07, 6.45) is 4.00. The van der Waals surface area contributed by atoms with Crippen LogP contribution < -0.4 is 9.47 Å². The predicted octanol–water partition coefficient (Wildman–Crippen LogP) is 4.14. The molecule has 3 aromatic rings. The van der Waals surface area contributed by atoms with Gasteiger partial charge in [-0.05, 0) is 36.8 Å². The number of carbonyl (C=O) groups is 1. The summed E-state index contributed by atoms with van der Waals surface area (Å²) < 4.78 is 13.6. The summed E-state index contributed by atoms with van der Waals surface area (Å²) in [5, 5.41) is 0. The molecule has 2 aromatic carbocycles. The quantitative estimate of drug-likeness (QED) is 0.577. The molecule has 0 atom stereocenters. The molecule has 0 bridgehead atoms. The zero-order chi connectivity index (χ0) is 20.8. The third kappa shape index (κ3) is 4.77. The van der Waals surface area contributed by atoms with Gasteiger partial charge in [-0.1, -0.05) is 30.4 Å². The van der Waals surface area contributed by atoms with Gasteiger partial charge in [0, 0.05) is 14.0 Å². The van der Waals surface area contributed by atoms with Crippen molar-refractivity contribution in [2.24, 2.45) is 0 Å². The summed E-state index contributed by atoms with van der Waals surface area (Å²) in [7, 11) is 3.42. The van der Waals surface area contributed by atoms with E-state index < -0.39 is 0 Å². The molecule has 0 radical (unpaired) electrons. The molecule has 0 aliphatic rings. The maximum Gasteiger partial charge on any atom is 0.219 e. The molecule has 1 heterocycles. The van der Waals surface area contributed by atoms with E-state index in [4.69, 9.17) is 14.5 Å². The molecule has 0 saturated heterocycles. The lowest BCUT2D eigenvalue weighted by molar-refractivity contribution is -0.128. The van der Waals surface area contributed by atoms with Crippen LogP contribution in [0.4, 0.5) is 0 Å². The highest BCUT2D eigenvalue weighted by Crippen LogP contribution is 2.28. The second-order valence-electron chi connectivity index (χ2n) is 6.80. The lowest BCUT2D eigenvalue weighted by Gasteiger charge is -2.17. The number of hydrogen-bond donors (Lipinski definition) is 0. The summed E-state index contributed by atoms with van der Waals surface area (Å²) in [6.45, 7) is 5.05. The van der Waals surface area contributed by atoms with Crippen molar-refractivity contribution in [2.75, 3.05) is 20.8 Å². The fourth-order valence-electron chi connectivity index (χ4n) is 3.17. The van der Waals surface area contributed by atoms with Crippen LogP contribution in [0.1, 0.15) is 25.2 Å². The lowest BCUT2D eigenvalue weighted by atomic mass is 10.2. The van der Waals surface area contributed by atoms with Gasteiger partial charge < -0.3 is 18.9 Å². The number of methoxy groups -OCH3 is 1. The maximum atomic E-state index is 11.7. The largest absolute Gasteiger partial charge is 0.493 e. The van der Waals surface area contributed by atoms with Crippen molar-refractivity contribution in [1.29, 1.82) is 0 Å². The molecule has 0 spiro atoms. The van der Waals surface area contributed by atoms with Crippen LogP contribution in [0.5, 0.6) is 11.5 Å². The molecule has 0 saturated carbocycles. The molecule has 1 amide bonds. The minimum absolute atomic E-state index is 0.00538. The zero-order valence-electron chi connectivity index (χ0n) is 17.4. The Balaban J connectivity index is 1.79. The number of fused-ring (bicyclic) bond motifs is 1. The van der Waals surface area contributed by atoms with Crippen LogP contribution in [0.15, 0.2) is 48.5 Å². The summed E-state index contributed by atoms with van der Waals surface area (Å²) in [6, 6.07) is 13.8. The van der Waals surface area contributed by atoms with Gasteiger partial charge in [0.15, 0.2) is 11.5 Å². The molecule has 6 heteroatoms. The fraction of sp³-hybridized carbons (Fsp3) is 0.304. The van der Waals surface area contributed by atoms with Crippen LogP contribution >= 0.6 is 0 Å². The SMILES string of the molecule is C/C=C/c1ccc(OCCn2c(CN(C)C(C)=O)nc3ccccc32)c(OC)c1. The summed E-state index contributed by atoms with van der Waals surface area (Å²) in [5.41, 5.74) is 3.00. The number of nitrogens with zero attached hydrogens (tertiary/aromatic N) is 3. The van der Waals surface area contributed by atoms with Gasteiger partial charge in [0.05, 0.1) is 31.2 Å². The second-order valence-corrected chi connectivity index (χ2v) is 6.80. The molecule has 0 aliphatic heterocycles. The van der Waals surface area contributed by atoms with E-state index in [1.54, 1.807) is 26.0 Å². The van der Waals surface area contributed by atoms with Gasteiger partial charge in [0.25, 0.3) is 0 Å². The number of ether oxygens (including phenoxy) is 2. The van der Waals surface area contributed by atoms with Crippen LogP contribution in [0, 0.1) is 0 Å². The Morgan fingerprint density at radius 3 is 2.72 bits per heavy atom. The Morgan fingerprint density at radius 1 is 1.21 bits per heavy atom. The highest BCUT2D eigenvalue weighted by Gasteiger charge is 2.14. The smallest absolute Gasteiger partial charge is 0.219 e.